The van der Waals surface area contributed by atoms with Gasteiger partial charge in [0.05, 0.1) is 5.52 Å². The summed E-state index contributed by atoms with van der Waals surface area (Å²) in [6.07, 6.45) is 3.61. The third-order valence-corrected chi connectivity index (χ3v) is 3.19. The highest BCUT2D eigenvalue weighted by molar-refractivity contribution is 6.02. The smallest absolute Gasteiger partial charge is 0.262 e. The first-order chi connectivity index (χ1) is 9.29. The molecule has 0 aliphatic heterocycles. The molecule has 19 heavy (non-hydrogen) atoms. The third kappa shape index (κ3) is 1.97. The van der Waals surface area contributed by atoms with Gasteiger partial charge in [0.25, 0.3) is 5.91 Å². The molecule has 0 saturated carbocycles. The minimum absolute atomic E-state index is 0.0121. The maximum absolute atomic E-state index is 12.4. The van der Waals surface area contributed by atoms with Crippen molar-refractivity contribution in [3.63, 3.8) is 0 Å². The van der Waals surface area contributed by atoms with Crippen LogP contribution in [0.2, 0.25) is 0 Å². The molecule has 0 N–H and O–H groups in total. The molecule has 3 aromatic rings. The number of benzene rings is 2. The molecule has 0 saturated heterocycles. The molecule has 0 radical (unpaired) electrons. The second kappa shape index (κ2) is 4.58. The SMILES string of the molecule is C=Cc1ccc2c(ccn2C(=O)c2ccccc2)c1. The van der Waals surface area contributed by atoms with Crippen LogP contribution in [0.4, 0.5) is 0 Å². The van der Waals surface area contributed by atoms with E-state index in [1.165, 1.54) is 0 Å². The Balaban J connectivity index is 2.11. The van der Waals surface area contributed by atoms with E-state index in [0.29, 0.717) is 5.56 Å². The van der Waals surface area contributed by atoms with Crippen LogP contribution >= 0.6 is 0 Å². The van der Waals surface area contributed by atoms with Gasteiger partial charge in [-0.1, -0.05) is 36.9 Å². The zero-order valence-corrected chi connectivity index (χ0v) is 10.4. The summed E-state index contributed by atoms with van der Waals surface area (Å²) in [5.74, 6) is -0.0121. The molecular formula is C17H13NO. The molecule has 0 atom stereocenters. The summed E-state index contributed by atoms with van der Waals surface area (Å²) in [6, 6.07) is 17.2. The van der Waals surface area contributed by atoms with Gasteiger partial charge in [0, 0.05) is 17.1 Å². The van der Waals surface area contributed by atoms with Crippen molar-refractivity contribution >= 4 is 22.9 Å². The van der Waals surface area contributed by atoms with Crippen molar-refractivity contribution in [1.82, 2.24) is 4.57 Å². The van der Waals surface area contributed by atoms with Crippen molar-refractivity contribution in [3.05, 3.63) is 78.5 Å². The van der Waals surface area contributed by atoms with E-state index in [1.54, 1.807) is 10.6 Å². The average molecular weight is 247 g/mol. The van der Waals surface area contributed by atoms with E-state index < -0.39 is 0 Å². The second-order valence-electron chi connectivity index (χ2n) is 4.38. The van der Waals surface area contributed by atoms with E-state index in [2.05, 4.69) is 6.58 Å². The highest BCUT2D eigenvalue weighted by Crippen LogP contribution is 2.19. The van der Waals surface area contributed by atoms with Gasteiger partial charge in [-0.15, -0.1) is 0 Å². The summed E-state index contributed by atoms with van der Waals surface area (Å²) in [6.45, 7) is 3.75. The van der Waals surface area contributed by atoms with Gasteiger partial charge in [-0.25, -0.2) is 0 Å². The lowest BCUT2D eigenvalue weighted by Gasteiger charge is -2.04. The molecule has 92 valence electrons. The normalized spacial score (nSPS) is 10.5. The first kappa shape index (κ1) is 11.5. The molecule has 0 spiro atoms. The number of nitrogens with zero attached hydrogens (tertiary/aromatic N) is 1. The first-order valence-electron chi connectivity index (χ1n) is 6.13. The standard InChI is InChI=1S/C17H13NO/c1-2-13-8-9-16-15(12-13)10-11-18(16)17(19)14-6-4-3-5-7-14/h2-12H,1H2. The van der Waals surface area contributed by atoms with Crippen molar-refractivity contribution in [2.24, 2.45) is 0 Å². The van der Waals surface area contributed by atoms with Gasteiger partial charge >= 0.3 is 0 Å². The molecule has 0 bridgehead atoms. The monoisotopic (exact) mass is 247 g/mol. The Morgan fingerprint density at radius 1 is 1.05 bits per heavy atom. The molecule has 1 heterocycles. The Kier molecular flexibility index (Phi) is 2.76. The number of hydrogen-bond donors (Lipinski definition) is 0. The van der Waals surface area contributed by atoms with E-state index in [4.69, 9.17) is 0 Å². The molecule has 3 rings (SSSR count). The molecule has 0 aliphatic carbocycles. The number of fused-ring (bicyclic) bond motifs is 1. The Morgan fingerprint density at radius 2 is 1.84 bits per heavy atom. The van der Waals surface area contributed by atoms with Crippen molar-refractivity contribution in [2.45, 2.75) is 0 Å². The molecule has 0 unspecified atom stereocenters. The van der Waals surface area contributed by atoms with Gasteiger partial charge in [0.15, 0.2) is 0 Å². The van der Waals surface area contributed by atoms with Gasteiger partial charge in [-0.05, 0) is 35.9 Å². The zero-order chi connectivity index (χ0) is 13.2. The van der Waals surface area contributed by atoms with Gasteiger partial charge in [0.1, 0.15) is 0 Å². The van der Waals surface area contributed by atoms with Crippen LogP contribution in [0.25, 0.3) is 17.0 Å². The van der Waals surface area contributed by atoms with Crippen LogP contribution < -0.4 is 0 Å². The number of carbonyl (C=O) groups excluding carboxylic acids is 1. The van der Waals surface area contributed by atoms with E-state index in [-0.39, 0.29) is 5.91 Å². The first-order valence-corrected chi connectivity index (χ1v) is 6.13. The van der Waals surface area contributed by atoms with Crippen LogP contribution in [0.1, 0.15) is 15.9 Å². The van der Waals surface area contributed by atoms with E-state index in [9.17, 15) is 4.79 Å². The van der Waals surface area contributed by atoms with Gasteiger partial charge in [-0.3, -0.25) is 9.36 Å². The summed E-state index contributed by atoms with van der Waals surface area (Å²) in [4.78, 5) is 12.4. The summed E-state index contributed by atoms with van der Waals surface area (Å²) < 4.78 is 1.68. The third-order valence-electron chi connectivity index (χ3n) is 3.19. The Hall–Kier alpha value is -2.61. The van der Waals surface area contributed by atoms with E-state index in [1.807, 2.05) is 60.8 Å². The maximum Gasteiger partial charge on any atom is 0.262 e. The maximum atomic E-state index is 12.4. The molecule has 2 heteroatoms. The summed E-state index contributed by atoms with van der Waals surface area (Å²) >= 11 is 0. The van der Waals surface area contributed by atoms with Crippen LogP contribution in [-0.4, -0.2) is 10.5 Å². The van der Waals surface area contributed by atoms with Crippen LogP contribution in [0.15, 0.2) is 67.4 Å². The fraction of sp³-hybridized carbons (Fsp3) is 0. The predicted molar refractivity (Wildman–Crippen MR) is 78.2 cm³/mol. The molecule has 2 aromatic carbocycles. The quantitative estimate of drug-likeness (QED) is 0.671. The summed E-state index contributed by atoms with van der Waals surface area (Å²) in [7, 11) is 0. The highest BCUT2D eigenvalue weighted by Gasteiger charge is 2.10. The second-order valence-corrected chi connectivity index (χ2v) is 4.38. The molecule has 0 aliphatic rings. The molecule has 0 fully saturated rings. The zero-order valence-electron chi connectivity index (χ0n) is 10.4. The minimum atomic E-state index is -0.0121. The lowest BCUT2D eigenvalue weighted by Crippen LogP contribution is -2.10. The van der Waals surface area contributed by atoms with Gasteiger partial charge in [-0.2, -0.15) is 0 Å². The van der Waals surface area contributed by atoms with Crippen molar-refractivity contribution in [3.8, 4) is 0 Å². The van der Waals surface area contributed by atoms with Crippen LogP contribution in [0, 0.1) is 0 Å². The fourth-order valence-electron chi connectivity index (χ4n) is 2.18. The fourth-order valence-corrected chi connectivity index (χ4v) is 2.18. The number of carbonyl (C=O) groups is 1. The van der Waals surface area contributed by atoms with Gasteiger partial charge in [0.2, 0.25) is 0 Å². The predicted octanol–water partition coefficient (Wildman–Crippen LogP) is 3.97. The van der Waals surface area contributed by atoms with Crippen molar-refractivity contribution in [1.29, 1.82) is 0 Å². The molecule has 1 aromatic heterocycles. The van der Waals surface area contributed by atoms with Crippen LogP contribution in [-0.2, 0) is 0 Å². The Morgan fingerprint density at radius 3 is 2.58 bits per heavy atom. The molecule has 2 nitrogen and oxygen atoms in total. The summed E-state index contributed by atoms with van der Waals surface area (Å²) in [5, 5.41) is 1.04. The largest absolute Gasteiger partial charge is 0.283 e. The van der Waals surface area contributed by atoms with E-state index in [0.717, 1.165) is 16.5 Å². The molecule has 0 amide bonds. The summed E-state index contributed by atoms with van der Waals surface area (Å²) in [5.41, 5.74) is 2.66. The number of hydrogen-bond acceptors (Lipinski definition) is 1. The van der Waals surface area contributed by atoms with E-state index >= 15 is 0 Å². The lowest BCUT2D eigenvalue weighted by molar-refractivity contribution is 0.0965. The number of aromatic nitrogens is 1. The minimum Gasteiger partial charge on any atom is -0.283 e. The average Bonchev–Trinajstić information content (AvgIpc) is 2.90. The Bertz CT molecular complexity index is 753. The Labute approximate surface area is 111 Å². The van der Waals surface area contributed by atoms with Crippen molar-refractivity contribution in [2.75, 3.05) is 0 Å². The van der Waals surface area contributed by atoms with Crippen LogP contribution in [0.3, 0.4) is 0 Å². The van der Waals surface area contributed by atoms with Gasteiger partial charge < -0.3 is 0 Å². The van der Waals surface area contributed by atoms with Crippen molar-refractivity contribution < 1.29 is 4.79 Å². The lowest BCUT2D eigenvalue weighted by atomic mass is 10.1. The topological polar surface area (TPSA) is 22.0 Å². The molecular weight excluding hydrogens is 234 g/mol. The highest BCUT2D eigenvalue weighted by atomic mass is 16.2. The van der Waals surface area contributed by atoms with Crippen LogP contribution in [0.5, 0.6) is 0 Å². The number of rotatable bonds is 2.